The van der Waals surface area contributed by atoms with Crippen molar-refractivity contribution < 1.29 is 22.0 Å². The van der Waals surface area contributed by atoms with Gasteiger partial charge in [0, 0.05) is 0 Å². The van der Waals surface area contributed by atoms with E-state index >= 15 is 0 Å². The van der Waals surface area contributed by atoms with Crippen molar-refractivity contribution in [1.82, 2.24) is 9.55 Å². The molecule has 2 aromatic rings. The average molecular weight is 236 g/mol. The van der Waals surface area contributed by atoms with E-state index < -0.39 is 18.3 Å². The van der Waals surface area contributed by atoms with Gasteiger partial charge in [0.2, 0.25) is 0 Å². The number of aromatic nitrogens is 2. The lowest BCUT2D eigenvalue weighted by Gasteiger charge is -2.06. The van der Waals surface area contributed by atoms with Crippen molar-refractivity contribution in [2.75, 3.05) is 0 Å². The van der Waals surface area contributed by atoms with Crippen LogP contribution in [0.25, 0.3) is 11.0 Å². The van der Waals surface area contributed by atoms with Gasteiger partial charge in [-0.1, -0.05) is 0 Å². The second kappa shape index (κ2) is 3.43. The van der Waals surface area contributed by atoms with E-state index in [1.54, 1.807) is 0 Å². The van der Waals surface area contributed by atoms with Crippen LogP contribution in [-0.2, 0) is 6.18 Å². The summed E-state index contributed by atoms with van der Waals surface area (Å²) in [6.07, 6.45) is -3.68. The smallest absolute Gasteiger partial charge is 0.273 e. The van der Waals surface area contributed by atoms with E-state index in [2.05, 4.69) is 4.98 Å². The molecule has 2 nitrogen and oxygen atoms in total. The van der Waals surface area contributed by atoms with Gasteiger partial charge in [-0.15, -0.1) is 0 Å². The highest BCUT2D eigenvalue weighted by atomic mass is 19.4. The molecule has 0 unspecified atom stereocenters. The molecule has 0 aliphatic heterocycles. The van der Waals surface area contributed by atoms with Gasteiger partial charge < -0.3 is 0 Å². The minimum Gasteiger partial charge on any atom is -0.273 e. The Morgan fingerprint density at radius 2 is 1.88 bits per heavy atom. The molecule has 1 aromatic carbocycles. The van der Waals surface area contributed by atoms with Crippen LogP contribution in [0.3, 0.4) is 0 Å². The quantitative estimate of drug-likeness (QED) is 0.693. The minimum atomic E-state index is -4.50. The number of nitrogens with zero attached hydrogens (tertiary/aromatic N) is 2. The zero-order valence-electron chi connectivity index (χ0n) is 7.67. The highest BCUT2D eigenvalue weighted by Gasteiger charge is 2.31. The molecule has 0 radical (unpaired) electrons. The van der Waals surface area contributed by atoms with Crippen LogP contribution in [0.15, 0.2) is 24.5 Å². The van der Waals surface area contributed by atoms with Gasteiger partial charge in [-0.3, -0.25) is 4.57 Å². The highest BCUT2D eigenvalue weighted by molar-refractivity contribution is 5.76. The van der Waals surface area contributed by atoms with E-state index in [1.807, 2.05) is 0 Å². The summed E-state index contributed by atoms with van der Waals surface area (Å²) < 4.78 is 62.1. The van der Waals surface area contributed by atoms with Gasteiger partial charge >= 0.3 is 12.7 Å². The van der Waals surface area contributed by atoms with Gasteiger partial charge in [0.1, 0.15) is 6.33 Å². The van der Waals surface area contributed by atoms with Crippen LogP contribution in [0.5, 0.6) is 0 Å². The highest BCUT2D eigenvalue weighted by Crippen LogP contribution is 2.31. The second-order valence-corrected chi connectivity index (χ2v) is 3.13. The van der Waals surface area contributed by atoms with E-state index in [4.69, 9.17) is 0 Å². The normalized spacial score (nSPS) is 12.6. The van der Waals surface area contributed by atoms with Crippen LogP contribution in [0.1, 0.15) is 12.1 Å². The number of benzene rings is 1. The lowest BCUT2D eigenvalue weighted by molar-refractivity contribution is -0.137. The molecule has 1 aromatic heterocycles. The summed E-state index contributed by atoms with van der Waals surface area (Å²) in [5.41, 5.74) is -1.03. The molecule has 0 fully saturated rings. The van der Waals surface area contributed by atoms with Crippen LogP contribution in [0, 0.1) is 0 Å². The molecule has 0 atom stereocenters. The van der Waals surface area contributed by atoms with Gasteiger partial charge in [0.05, 0.1) is 16.6 Å². The summed E-state index contributed by atoms with van der Waals surface area (Å²) in [5.74, 6) is 0. The van der Waals surface area contributed by atoms with E-state index in [0.29, 0.717) is 4.57 Å². The number of imidazole rings is 1. The number of halogens is 5. The van der Waals surface area contributed by atoms with Crippen LogP contribution in [-0.4, -0.2) is 9.55 Å². The maximum absolute atomic E-state index is 12.4. The molecule has 1 heterocycles. The standard InChI is InChI=1S/C9H5F5N2/c10-8(11)16-4-15-6-3-5(9(12,13)14)1-2-7(6)16/h1-4,8H. The monoisotopic (exact) mass is 236 g/mol. The van der Waals surface area contributed by atoms with E-state index in [0.717, 1.165) is 24.5 Å². The zero-order chi connectivity index (χ0) is 11.9. The number of rotatable bonds is 1. The Hall–Kier alpha value is -1.66. The number of alkyl halides is 5. The average Bonchev–Trinajstić information content (AvgIpc) is 2.58. The first-order valence-corrected chi connectivity index (χ1v) is 4.21. The molecule has 0 N–H and O–H groups in total. The molecule has 0 saturated carbocycles. The van der Waals surface area contributed by atoms with Gasteiger partial charge in [-0.05, 0) is 18.2 Å². The second-order valence-electron chi connectivity index (χ2n) is 3.13. The maximum atomic E-state index is 12.4. The molecular weight excluding hydrogens is 231 g/mol. The third-order valence-electron chi connectivity index (χ3n) is 2.11. The molecule has 16 heavy (non-hydrogen) atoms. The van der Waals surface area contributed by atoms with Gasteiger partial charge in [-0.25, -0.2) is 4.98 Å². The minimum absolute atomic E-state index is 0.0250. The summed E-state index contributed by atoms with van der Waals surface area (Å²) in [6, 6.07) is 2.48. The molecule has 0 bridgehead atoms. The fourth-order valence-electron chi connectivity index (χ4n) is 1.36. The molecule has 0 aliphatic carbocycles. The Morgan fingerprint density at radius 1 is 1.19 bits per heavy atom. The maximum Gasteiger partial charge on any atom is 0.416 e. The van der Waals surface area contributed by atoms with Crippen molar-refractivity contribution in [3.05, 3.63) is 30.1 Å². The Kier molecular flexibility index (Phi) is 2.32. The predicted molar refractivity (Wildman–Crippen MR) is 46.0 cm³/mol. The summed E-state index contributed by atoms with van der Waals surface area (Å²) >= 11 is 0. The molecule has 86 valence electrons. The number of hydrogen-bond donors (Lipinski definition) is 0. The third kappa shape index (κ3) is 1.72. The van der Waals surface area contributed by atoms with Crippen molar-refractivity contribution in [2.45, 2.75) is 12.7 Å². The number of hydrogen-bond acceptors (Lipinski definition) is 1. The summed E-state index contributed by atoms with van der Waals surface area (Å²) in [7, 11) is 0. The number of fused-ring (bicyclic) bond motifs is 1. The molecule has 0 spiro atoms. The SMILES string of the molecule is FC(F)n1cnc2cc(C(F)(F)F)ccc21. The van der Waals surface area contributed by atoms with Crippen molar-refractivity contribution in [3.63, 3.8) is 0 Å². The van der Waals surface area contributed by atoms with Crippen LogP contribution >= 0.6 is 0 Å². The van der Waals surface area contributed by atoms with Crippen molar-refractivity contribution >= 4 is 11.0 Å². The van der Waals surface area contributed by atoms with Crippen LogP contribution < -0.4 is 0 Å². The van der Waals surface area contributed by atoms with E-state index in [9.17, 15) is 22.0 Å². The van der Waals surface area contributed by atoms with Crippen LogP contribution in [0.4, 0.5) is 22.0 Å². The van der Waals surface area contributed by atoms with E-state index in [1.165, 1.54) is 0 Å². The third-order valence-corrected chi connectivity index (χ3v) is 2.11. The van der Waals surface area contributed by atoms with Gasteiger partial charge in [0.15, 0.2) is 0 Å². The van der Waals surface area contributed by atoms with Crippen molar-refractivity contribution in [2.24, 2.45) is 0 Å². The Labute approximate surface area is 86.3 Å². The fourth-order valence-corrected chi connectivity index (χ4v) is 1.36. The lowest BCUT2D eigenvalue weighted by Crippen LogP contribution is -2.04. The fraction of sp³-hybridized carbons (Fsp3) is 0.222. The molecule has 2 rings (SSSR count). The Bertz CT molecular complexity index is 514. The molecular formula is C9H5F5N2. The lowest BCUT2D eigenvalue weighted by atomic mass is 10.2. The topological polar surface area (TPSA) is 17.8 Å². The predicted octanol–water partition coefficient (Wildman–Crippen LogP) is 3.45. The first kappa shape index (κ1) is 10.8. The van der Waals surface area contributed by atoms with Crippen LogP contribution in [0.2, 0.25) is 0 Å². The summed E-state index contributed by atoms with van der Waals surface area (Å²) in [4.78, 5) is 3.50. The molecule has 7 heteroatoms. The first-order chi connectivity index (χ1) is 7.39. The van der Waals surface area contributed by atoms with Crippen molar-refractivity contribution in [1.29, 1.82) is 0 Å². The Morgan fingerprint density at radius 3 is 2.44 bits per heavy atom. The molecule has 0 aliphatic rings. The van der Waals surface area contributed by atoms with Crippen molar-refractivity contribution in [3.8, 4) is 0 Å². The molecule has 0 saturated heterocycles. The zero-order valence-corrected chi connectivity index (χ0v) is 7.67. The van der Waals surface area contributed by atoms with Gasteiger partial charge in [0.25, 0.3) is 0 Å². The largest absolute Gasteiger partial charge is 0.416 e. The summed E-state index contributed by atoms with van der Waals surface area (Å²) in [6.45, 7) is -2.82. The first-order valence-electron chi connectivity index (χ1n) is 4.21. The molecule has 0 amide bonds. The summed E-state index contributed by atoms with van der Waals surface area (Å²) in [5, 5.41) is 0. The Balaban J connectivity index is 2.58. The van der Waals surface area contributed by atoms with Gasteiger partial charge in [-0.2, -0.15) is 22.0 Å². The van der Waals surface area contributed by atoms with E-state index in [-0.39, 0.29) is 11.0 Å².